The molecule has 5 nitrogen and oxygen atoms in total. The van der Waals surface area contributed by atoms with E-state index in [9.17, 15) is 9.59 Å². The summed E-state index contributed by atoms with van der Waals surface area (Å²) in [5.41, 5.74) is 5.32. The molecule has 0 fully saturated rings. The van der Waals surface area contributed by atoms with Crippen LogP contribution in [0.2, 0.25) is 0 Å². The number of nitrogens with one attached hydrogen (secondary N) is 1. The van der Waals surface area contributed by atoms with Gasteiger partial charge in [0.2, 0.25) is 5.91 Å². The highest BCUT2D eigenvalue weighted by atomic mass is 16.4. The quantitative estimate of drug-likeness (QED) is 0.858. The second-order valence-electron chi connectivity index (χ2n) is 7.72. The van der Waals surface area contributed by atoms with Crippen LogP contribution in [0, 0.1) is 5.92 Å². The Labute approximate surface area is 153 Å². The molecule has 26 heavy (non-hydrogen) atoms. The number of carbonyl (C=O) groups excluding carboxylic acids is 1. The molecule has 2 aliphatic heterocycles. The topological polar surface area (TPSA) is 62.6 Å². The predicted molar refractivity (Wildman–Crippen MR) is 103 cm³/mol. The van der Waals surface area contributed by atoms with Crippen LogP contribution in [-0.4, -0.2) is 25.5 Å². The van der Waals surface area contributed by atoms with Crippen molar-refractivity contribution in [2.75, 3.05) is 24.5 Å². The van der Waals surface area contributed by atoms with Crippen LogP contribution in [0.5, 0.6) is 0 Å². The van der Waals surface area contributed by atoms with Crippen molar-refractivity contribution in [1.82, 2.24) is 5.32 Å². The van der Waals surface area contributed by atoms with Gasteiger partial charge in [0.1, 0.15) is 5.58 Å². The molecular weight excluding hydrogens is 328 g/mol. The van der Waals surface area contributed by atoms with Gasteiger partial charge in [-0.25, -0.2) is 4.79 Å². The average Bonchev–Trinajstić information content (AvgIpc) is 2.62. The second kappa shape index (κ2) is 6.78. The van der Waals surface area contributed by atoms with Gasteiger partial charge in [0.25, 0.3) is 0 Å². The zero-order chi connectivity index (χ0) is 18.3. The standard InChI is InChI=1S/C21H26N2O3/c1-13(2)21(25)22-8-7-14-12-18(24)26-20-16-6-4-10-23-9-3-5-15(19(16)23)11-17(14)20/h11-13H,3-10H2,1-2H3,(H,22,25). The van der Waals surface area contributed by atoms with Crippen LogP contribution in [0.4, 0.5) is 5.69 Å². The van der Waals surface area contributed by atoms with Crippen molar-refractivity contribution in [2.45, 2.75) is 46.0 Å². The number of amides is 1. The maximum atomic E-state index is 12.2. The molecular formula is C21H26N2O3. The molecule has 0 atom stereocenters. The molecule has 0 saturated carbocycles. The summed E-state index contributed by atoms with van der Waals surface area (Å²) in [6.45, 7) is 6.48. The molecule has 1 aromatic heterocycles. The fourth-order valence-electron chi connectivity index (χ4n) is 4.27. The van der Waals surface area contributed by atoms with Gasteiger partial charge in [0, 0.05) is 48.3 Å². The van der Waals surface area contributed by atoms with E-state index in [-0.39, 0.29) is 17.5 Å². The molecule has 0 unspecified atom stereocenters. The van der Waals surface area contributed by atoms with Crippen LogP contribution < -0.4 is 15.8 Å². The molecule has 1 amide bonds. The van der Waals surface area contributed by atoms with E-state index in [1.165, 1.54) is 23.2 Å². The van der Waals surface area contributed by atoms with Crippen LogP contribution >= 0.6 is 0 Å². The van der Waals surface area contributed by atoms with E-state index in [4.69, 9.17) is 4.42 Å². The Morgan fingerprint density at radius 3 is 2.77 bits per heavy atom. The minimum atomic E-state index is -0.299. The van der Waals surface area contributed by atoms with E-state index >= 15 is 0 Å². The Bertz CT molecular complexity index is 912. The minimum Gasteiger partial charge on any atom is -0.422 e. The zero-order valence-electron chi connectivity index (χ0n) is 15.6. The van der Waals surface area contributed by atoms with Crippen molar-refractivity contribution in [3.63, 3.8) is 0 Å². The lowest BCUT2D eigenvalue weighted by molar-refractivity contribution is -0.123. The summed E-state index contributed by atoms with van der Waals surface area (Å²) in [6, 6.07) is 3.81. The first-order valence-corrected chi connectivity index (χ1v) is 9.68. The normalized spacial score (nSPS) is 16.0. The molecule has 0 saturated heterocycles. The van der Waals surface area contributed by atoms with Crippen LogP contribution in [-0.2, 0) is 24.1 Å². The highest BCUT2D eigenvalue weighted by Crippen LogP contribution is 2.40. The van der Waals surface area contributed by atoms with Gasteiger partial charge in [0.15, 0.2) is 0 Å². The summed E-state index contributed by atoms with van der Waals surface area (Å²) in [5.74, 6) is 0.00966. The van der Waals surface area contributed by atoms with E-state index in [0.29, 0.717) is 13.0 Å². The Morgan fingerprint density at radius 1 is 1.23 bits per heavy atom. The summed E-state index contributed by atoms with van der Waals surface area (Å²) < 4.78 is 5.67. The Kier molecular flexibility index (Phi) is 4.47. The molecule has 138 valence electrons. The van der Waals surface area contributed by atoms with E-state index in [1.54, 1.807) is 6.07 Å². The Morgan fingerprint density at radius 2 is 2.00 bits per heavy atom. The molecule has 0 spiro atoms. The highest BCUT2D eigenvalue weighted by Gasteiger charge is 2.27. The zero-order valence-corrected chi connectivity index (χ0v) is 15.6. The van der Waals surface area contributed by atoms with Gasteiger partial charge in [-0.3, -0.25) is 4.79 Å². The number of nitrogens with zero attached hydrogens (tertiary/aromatic N) is 1. The first-order chi connectivity index (χ1) is 12.5. The maximum Gasteiger partial charge on any atom is 0.336 e. The van der Waals surface area contributed by atoms with Gasteiger partial charge in [-0.05, 0) is 49.3 Å². The maximum absolute atomic E-state index is 12.2. The van der Waals surface area contributed by atoms with E-state index < -0.39 is 0 Å². The molecule has 1 aromatic carbocycles. The summed E-state index contributed by atoms with van der Waals surface area (Å²) in [6.07, 6.45) is 4.96. The molecule has 0 radical (unpaired) electrons. The van der Waals surface area contributed by atoms with Crippen molar-refractivity contribution >= 4 is 22.6 Å². The number of anilines is 1. The van der Waals surface area contributed by atoms with E-state index in [2.05, 4.69) is 16.3 Å². The molecule has 0 aliphatic carbocycles. The number of carbonyl (C=O) groups is 1. The van der Waals surface area contributed by atoms with Crippen molar-refractivity contribution in [2.24, 2.45) is 5.92 Å². The Hall–Kier alpha value is -2.30. The molecule has 3 heterocycles. The van der Waals surface area contributed by atoms with Gasteiger partial charge in [-0.1, -0.05) is 13.8 Å². The predicted octanol–water partition coefficient (Wildman–Crippen LogP) is 2.81. The van der Waals surface area contributed by atoms with Gasteiger partial charge in [0.05, 0.1) is 0 Å². The van der Waals surface area contributed by atoms with Crippen LogP contribution in [0.3, 0.4) is 0 Å². The SMILES string of the molecule is CC(C)C(=O)NCCc1cc(=O)oc2c3c4c(cc12)CCCN4CCC3. The van der Waals surface area contributed by atoms with Gasteiger partial charge >= 0.3 is 5.63 Å². The number of rotatable bonds is 4. The van der Waals surface area contributed by atoms with Crippen LogP contribution in [0.25, 0.3) is 11.0 Å². The number of hydrogen-bond acceptors (Lipinski definition) is 4. The minimum absolute atomic E-state index is 0.0324. The molecule has 2 aromatic rings. The lowest BCUT2D eigenvalue weighted by Gasteiger charge is -2.37. The number of benzene rings is 1. The molecule has 1 N–H and O–H groups in total. The smallest absolute Gasteiger partial charge is 0.336 e. The average molecular weight is 354 g/mol. The largest absolute Gasteiger partial charge is 0.422 e. The van der Waals surface area contributed by atoms with Crippen molar-refractivity contribution in [1.29, 1.82) is 0 Å². The third-order valence-electron chi connectivity index (χ3n) is 5.53. The number of hydrogen-bond donors (Lipinski definition) is 1. The first-order valence-electron chi connectivity index (χ1n) is 9.68. The van der Waals surface area contributed by atoms with E-state index in [0.717, 1.165) is 48.9 Å². The monoisotopic (exact) mass is 354 g/mol. The fourth-order valence-corrected chi connectivity index (χ4v) is 4.27. The summed E-state index contributed by atoms with van der Waals surface area (Å²) in [7, 11) is 0. The molecule has 5 heteroatoms. The molecule has 2 aliphatic rings. The second-order valence-corrected chi connectivity index (χ2v) is 7.72. The molecule has 0 bridgehead atoms. The van der Waals surface area contributed by atoms with Crippen molar-refractivity contribution in [3.8, 4) is 0 Å². The first kappa shape index (κ1) is 17.1. The fraction of sp³-hybridized carbons (Fsp3) is 0.524. The lowest BCUT2D eigenvalue weighted by atomic mass is 9.89. The van der Waals surface area contributed by atoms with Gasteiger partial charge < -0.3 is 14.6 Å². The van der Waals surface area contributed by atoms with Gasteiger partial charge in [-0.15, -0.1) is 0 Å². The summed E-state index contributed by atoms with van der Waals surface area (Å²) in [4.78, 5) is 26.4. The summed E-state index contributed by atoms with van der Waals surface area (Å²) >= 11 is 0. The third-order valence-corrected chi connectivity index (χ3v) is 5.53. The van der Waals surface area contributed by atoms with Crippen molar-refractivity contribution in [3.05, 3.63) is 39.2 Å². The number of aryl methyl sites for hydroxylation is 2. The molecule has 4 rings (SSSR count). The lowest BCUT2D eigenvalue weighted by Crippen LogP contribution is -2.34. The van der Waals surface area contributed by atoms with Crippen LogP contribution in [0.1, 0.15) is 43.4 Å². The Balaban J connectivity index is 1.75. The highest BCUT2D eigenvalue weighted by molar-refractivity contribution is 5.90. The van der Waals surface area contributed by atoms with Crippen molar-refractivity contribution < 1.29 is 9.21 Å². The van der Waals surface area contributed by atoms with Crippen LogP contribution in [0.15, 0.2) is 21.3 Å². The summed E-state index contributed by atoms with van der Waals surface area (Å²) in [5, 5.41) is 3.99. The number of fused-ring (bicyclic) bond motifs is 2. The third kappa shape index (κ3) is 3.00. The van der Waals surface area contributed by atoms with Gasteiger partial charge in [-0.2, -0.15) is 0 Å². The van der Waals surface area contributed by atoms with E-state index in [1.807, 2.05) is 13.8 Å².